The zero-order chi connectivity index (χ0) is 11.4. The van der Waals surface area contributed by atoms with Gasteiger partial charge in [-0.25, -0.2) is 0 Å². The molecule has 1 aliphatic heterocycles. The van der Waals surface area contributed by atoms with Crippen molar-refractivity contribution in [2.45, 2.75) is 26.2 Å². The third kappa shape index (κ3) is 2.35. The number of amides is 1. The van der Waals surface area contributed by atoms with E-state index in [-0.39, 0.29) is 5.91 Å². The molecule has 3 heteroatoms. The van der Waals surface area contributed by atoms with Crippen molar-refractivity contribution in [3.05, 3.63) is 30.2 Å². The summed E-state index contributed by atoms with van der Waals surface area (Å²) in [6, 6.07) is 3.82. The fourth-order valence-electron chi connectivity index (χ4n) is 1.97. The molecule has 0 aliphatic carbocycles. The Labute approximate surface area is 95.7 Å². The minimum atomic E-state index is 0.250. The van der Waals surface area contributed by atoms with E-state index < -0.39 is 0 Å². The third-order valence-electron chi connectivity index (χ3n) is 2.81. The molecule has 1 aromatic heterocycles. The molecule has 2 heterocycles. The van der Waals surface area contributed by atoms with Gasteiger partial charge < -0.3 is 9.32 Å². The molecule has 0 aromatic carbocycles. The Bertz CT molecular complexity index is 379. The van der Waals surface area contributed by atoms with Crippen molar-refractivity contribution in [2.75, 3.05) is 13.1 Å². The van der Waals surface area contributed by atoms with Crippen LogP contribution in [0.5, 0.6) is 0 Å². The fourth-order valence-corrected chi connectivity index (χ4v) is 1.97. The number of hydrogen-bond donors (Lipinski definition) is 0. The molecule has 2 rings (SSSR count). The number of carbonyl (C=O) groups excluding carboxylic acids is 1. The van der Waals surface area contributed by atoms with Crippen LogP contribution in [0.15, 0.2) is 28.9 Å². The lowest BCUT2D eigenvalue weighted by Crippen LogP contribution is -2.35. The van der Waals surface area contributed by atoms with Crippen molar-refractivity contribution >= 4 is 11.5 Å². The first kappa shape index (κ1) is 11.0. The van der Waals surface area contributed by atoms with Crippen LogP contribution in [0, 0.1) is 0 Å². The van der Waals surface area contributed by atoms with Gasteiger partial charge >= 0.3 is 0 Å². The smallest absolute Gasteiger partial charge is 0.222 e. The molecular formula is C13H17NO2. The quantitative estimate of drug-likeness (QED) is 0.783. The number of nitrogens with zero attached hydrogens (tertiary/aromatic N) is 1. The lowest BCUT2D eigenvalue weighted by molar-refractivity contribution is -0.130. The minimum Gasteiger partial charge on any atom is -0.465 e. The van der Waals surface area contributed by atoms with Gasteiger partial charge in [-0.2, -0.15) is 0 Å². The van der Waals surface area contributed by atoms with Gasteiger partial charge in [0.05, 0.1) is 6.26 Å². The lowest BCUT2D eigenvalue weighted by Gasteiger charge is -2.26. The Morgan fingerprint density at radius 3 is 3.12 bits per heavy atom. The van der Waals surface area contributed by atoms with Crippen molar-refractivity contribution in [1.82, 2.24) is 4.90 Å². The van der Waals surface area contributed by atoms with E-state index in [0.717, 1.165) is 30.7 Å². The lowest BCUT2D eigenvalue weighted by atomic mass is 10.1. The highest BCUT2D eigenvalue weighted by atomic mass is 16.3. The summed E-state index contributed by atoms with van der Waals surface area (Å²) in [4.78, 5) is 13.7. The Morgan fingerprint density at radius 1 is 1.56 bits per heavy atom. The van der Waals surface area contributed by atoms with E-state index >= 15 is 0 Å². The fraction of sp³-hybridized carbons (Fsp3) is 0.462. The summed E-state index contributed by atoms with van der Waals surface area (Å²) in [5.74, 6) is 1.13. The summed E-state index contributed by atoms with van der Waals surface area (Å²) < 4.78 is 5.35. The van der Waals surface area contributed by atoms with E-state index in [1.165, 1.54) is 0 Å². The first-order valence-electron chi connectivity index (χ1n) is 5.82. The van der Waals surface area contributed by atoms with Gasteiger partial charge in [0.2, 0.25) is 5.91 Å². The highest BCUT2D eigenvalue weighted by Crippen LogP contribution is 2.21. The predicted octanol–water partition coefficient (Wildman–Crippen LogP) is 2.70. The molecule has 0 atom stereocenters. The van der Waals surface area contributed by atoms with Crippen molar-refractivity contribution in [3.8, 4) is 0 Å². The Hall–Kier alpha value is -1.51. The summed E-state index contributed by atoms with van der Waals surface area (Å²) in [5.41, 5.74) is 1.13. The van der Waals surface area contributed by atoms with Crippen LogP contribution in [0.1, 0.15) is 31.9 Å². The maximum Gasteiger partial charge on any atom is 0.222 e. The topological polar surface area (TPSA) is 33.5 Å². The molecule has 0 spiro atoms. The molecule has 0 bridgehead atoms. The molecule has 1 amide bonds. The second-order valence-corrected chi connectivity index (χ2v) is 4.06. The third-order valence-corrected chi connectivity index (χ3v) is 2.81. The number of hydrogen-bond acceptors (Lipinski definition) is 2. The second kappa shape index (κ2) is 5.01. The molecule has 0 saturated heterocycles. The van der Waals surface area contributed by atoms with Gasteiger partial charge in [-0.3, -0.25) is 4.79 Å². The van der Waals surface area contributed by atoms with E-state index in [4.69, 9.17) is 4.42 Å². The van der Waals surface area contributed by atoms with Gasteiger partial charge in [0.25, 0.3) is 0 Å². The number of carbonyl (C=O) groups is 1. The number of rotatable bonds is 3. The van der Waals surface area contributed by atoms with E-state index in [0.29, 0.717) is 13.0 Å². The predicted molar refractivity (Wildman–Crippen MR) is 62.8 cm³/mol. The van der Waals surface area contributed by atoms with E-state index in [1.807, 2.05) is 24.0 Å². The largest absolute Gasteiger partial charge is 0.465 e. The van der Waals surface area contributed by atoms with Crippen LogP contribution in [0.4, 0.5) is 0 Å². The van der Waals surface area contributed by atoms with Crippen LogP contribution in [0.25, 0.3) is 5.57 Å². The Balaban J connectivity index is 2.03. The molecule has 0 unspecified atom stereocenters. The summed E-state index contributed by atoms with van der Waals surface area (Å²) in [5, 5.41) is 0. The molecule has 1 aromatic rings. The van der Waals surface area contributed by atoms with Crippen LogP contribution in [0.2, 0.25) is 0 Å². The number of furan rings is 1. The molecule has 16 heavy (non-hydrogen) atoms. The Kier molecular flexibility index (Phi) is 3.44. The Morgan fingerprint density at radius 2 is 2.44 bits per heavy atom. The average molecular weight is 219 g/mol. The second-order valence-electron chi connectivity index (χ2n) is 4.06. The minimum absolute atomic E-state index is 0.250. The molecule has 0 saturated carbocycles. The zero-order valence-corrected chi connectivity index (χ0v) is 9.61. The first-order valence-corrected chi connectivity index (χ1v) is 5.82. The normalized spacial score (nSPS) is 16.1. The summed E-state index contributed by atoms with van der Waals surface area (Å²) in [7, 11) is 0. The van der Waals surface area contributed by atoms with E-state index in [1.54, 1.807) is 6.26 Å². The molecule has 0 radical (unpaired) electrons. The van der Waals surface area contributed by atoms with Gasteiger partial charge in [-0.05, 0) is 25.0 Å². The monoisotopic (exact) mass is 219 g/mol. The maximum atomic E-state index is 11.8. The van der Waals surface area contributed by atoms with Crippen LogP contribution in [0.3, 0.4) is 0 Å². The van der Waals surface area contributed by atoms with E-state index in [9.17, 15) is 4.79 Å². The van der Waals surface area contributed by atoms with Crippen LogP contribution in [-0.4, -0.2) is 23.9 Å². The van der Waals surface area contributed by atoms with E-state index in [2.05, 4.69) is 6.08 Å². The first-order chi connectivity index (χ1) is 7.81. The average Bonchev–Trinajstić information content (AvgIpc) is 2.83. The van der Waals surface area contributed by atoms with Crippen molar-refractivity contribution in [2.24, 2.45) is 0 Å². The van der Waals surface area contributed by atoms with Crippen LogP contribution in [-0.2, 0) is 4.79 Å². The van der Waals surface area contributed by atoms with Gasteiger partial charge in [0.1, 0.15) is 5.76 Å². The van der Waals surface area contributed by atoms with Gasteiger partial charge in [0, 0.05) is 25.1 Å². The standard InChI is InChI=1S/C13H17NO2/c1-2-5-13(15)14-8-3-6-11(10-14)12-7-4-9-16-12/h4,6-7,9H,2-3,5,8,10H2,1H3. The molecule has 1 aliphatic rings. The molecule has 3 nitrogen and oxygen atoms in total. The van der Waals surface area contributed by atoms with Crippen LogP contribution < -0.4 is 0 Å². The molecule has 86 valence electrons. The molecule has 0 N–H and O–H groups in total. The summed E-state index contributed by atoms with van der Waals surface area (Å²) in [6.07, 6.45) is 6.31. The maximum absolute atomic E-state index is 11.8. The van der Waals surface area contributed by atoms with Gasteiger partial charge in [-0.1, -0.05) is 13.0 Å². The highest BCUT2D eigenvalue weighted by Gasteiger charge is 2.19. The SMILES string of the molecule is CCCC(=O)N1CCC=C(c2ccco2)C1. The molecule has 0 fully saturated rings. The molecular weight excluding hydrogens is 202 g/mol. The zero-order valence-electron chi connectivity index (χ0n) is 9.61. The summed E-state index contributed by atoms with van der Waals surface area (Å²) in [6.45, 7) is 3.56. The van der Waals surface area contributed by atoms with Crippen LogP contribution >= 0.6 is 0 Å². The van der Waals surface area contributed by atoms with Crippen molar-refractivity contribution < 1.29 is 9.21 Å². The summed E-state index contributed by atoms with van der Waals surface area (Å²) >= 11 is 0. The van der Waals surface area contributed by atoms with Crippen molar-refractivity contribution in [3.63, 3.8) is 0 Å². The highest BCUT2D eigenvalue weighted by molar-refractivity contribution is 5.79. The van der Waals surface area contributed by atoms with Crippen molar-refractivity contribution in [1.29, 1.82) is 0 Å². The van der Waals surface area contributed by atoms with Gasteiger partial charge in [-0.15, -0.1) is 0 Å². The van der Waals surface area contributed by atoms with Gasteiger partial charge in [0.15, 0.2) is 0 Å².